The molecule has 3 rings (SSSR count). The number of carboxylic acids is 1. The van der Waals surface area contributed by atoms with Gasteiger partial charge >= 0.3 is 24.4 Å². The molecule has 12 heteroatoms. The Morgan fingerprint density at radius 1 is 1.00 bits per heavy atom. The molecular formula is C27H33F3N2O7. The molecule has 0 radical (unpaired) electrons. The molecule has 0 atom stereocenters. The molecule has 0 saturated carbocycles. The number of hydrogen-bond donors (Lipinski definition) is 2. The largest absolute Gasteiger partial charge is 0.573 e. The number of nitrogens with zero attached hydrogens (tertiary/aromatic N) is 1. The molecule has 0 spiro atoms. The molecule has 1 heterocycles. The minimum Gasteiger partial charge on any atom is -0.477 e. The Hall–Kier alpha value is -4.22. The Labute approximate surface area is 224 Å². The van der Waals surface area contributed by atoms with Gasteiger partial charge in [-0.2, -0.15) is 0 Å². The van der Waals surface area contributed by atoms with Crippen LogP contribution in [0.3, 0.4) is 0 Å². The van der Waals surface area contributed by atoms with Gasteiger partial charge in [0.1, 0.15) is 17.0 Å². The second-order valence-corrected chi connectivity index (χ2v) is 8.66. The maximum atomic E-state index is 12.6. The van der Waals surface area contributed by atoms with Gasteiger partial charge in [0.15, 0.2) is 0 Å². The number of aromatic carboxylic acids is 1. The molecule has 0 aliphatic carbocycles. The normalized spacial score (nSPS) is 10.8. The lowest BCUT2D eigenvalue weighted by atomic mass is 10.2. The van der Waals surface area contributed by atoms with E-state index in [2.05, 4.69) is 14.8 Å². The highest BCUT2D eigenvalue weighted by Crippen LogP contribution is 2.31. The summed E-state index contributed by atoms with van der Waals surface area (Å²) in [6, 6.07) is 11.6. The number of halogens is 3. The summed E-state index contributed by atoms with van der Waals surface area (Å²) in [5.41, 5.74) is 0.449. The van der Waals surface area contributed by atoms with Gasteiger partial charge in [-0.3, -0.25) is 4.79 Å². The third-order valence-electron chi connectivity index (χ3n) is 4.52. The van der Waals surface area contributed by atoms with E-state index < -0.39 is 29.8 Å². The lowest BCUT2D eigenvalue weighted by Crippen LogP contribution is -2.32. The summed E-state index contributed by atoms with van der Waals surface area (Å²) in [7, 11) is 1.35. The smallest absolute Gasteiger partial charge is 0.477 e. The maximum absolute atomic E-state index is 12.6. The molecule has 0 saturated heterocycles. The van der Waals surface area contributed by atoms with Crippen LogP contribution in [-0.4, -0.2) is 46.8 Å². The number of fused-ring (bicyclic) bond motifs is 1. The van der Waals surface area contributed by atoms with Crippen LogP contribution in [-0.2, 0) is 20.8 Å². The van der Waals surface area contributed by atoms with Crippen LogP contribution in [0.1, 0.15) is 57.6 Å². The van der Waals surface area contributed by atoms with Gasteiger partial charge in [-0.05, 0) is 56.7 Å². The summed E-state index contributed by atoms with van der Waals surface area (Å²) in [4.78, 5) is 33.3. The predicted octanol–water partition coefficient (Wildman–Crippen LogP) is 6.46. The number of benzene rings is 2. The number of alkyl carbamates (subject to hydrolysis) is 1. The summed E-state index contributed by atoms with van der Waals surface area (Å²) in [6.45, 7) is 10.7. The fraction of sp³-hybridized carbons (Fsp3) is 0.370. The molecule has 214 valence electrons. The molecule has 39 heavy (non-hydrogen) atoms. The van der Waals surface area contributed by atoms with Crippen molar-refractivity contribution in [1.82, 2.24) is 9.88 Å². The zero-order valence-corrected chi connectivity index (χ0v) is 22.8. The number of nitrogens with one attached hydrogen (secondary N) is 1. The number of ether oxygens (including phenoxy) is 3. The minimum atomic E-state index is -4.88. The highest BCUT2D eigenvalue weighted by Gasteiger charge is 2.31. The van der Waals surface area contributed by atoms with Gasteiger partial charge in [-0.25, -0.2) is 9.59 Å². The van der Waals surface area contributed by atoms with Crippen LogP contribution >= 0.6 is 0 Å². The first kappa shape index (κ1) is 32.8. The number of amides is 1. The number of carbonyl (C=O) groups excluding carboxylic acids is 2. The molecule has 1 amide bonds. The predicted molar refractivity (Wildman–Crippen MR) is 139 cm³/mol. The SMILES string of the molecule is CC.CC(C)(C)OC(=O)NCc1cccc(-n2c(C(=O)O)cc3ccc(OC(F)(F)F)cc32)c1.COC(C)=O. The molecule has 0 aliphatic heterocycles. The van der Waals surface area contributed by atoms with Crippen molar-refractivity contribution >= 4 is 28.9 Å². The number of esters is 1. The van der Waals surface area contributed by atoms with Crippen molar-refractivity contribution in [3.05, 3.63) is 59.8 Å². The van der Waals surface area contributed by atoms with E-state index in [-0.39, 0.29) is 23.7 Å². The van der Waals surface area contributed by atoms with Crippen LogP contribution in [0.15, 0.2) is 48.5 Å². The maximum Gasteiger partial charge on any atom is 0.573 e. The summed E-state index contributed by atoms with van der Waals surface area (Å²) >= 11 is 0. The van der Waals surface area contributed by atoms with Gasteiger partial charge in [-0.1, -0.05) is 26.0 Å². The average molecular weight is 555 g/mol. The second kappa shape index (κ2) is 14.1. The first-order valence-corrected chi connectivity index (χ1v) is 11.8. The van der Waals surface area contributed by atoms with Gasteiger partial charge in [-0.15, -0.1) is 13.2 Å². The van der Waals surface area contributed by atoms with E-state index in [4.69, 9.17) is 4.74 Å². The van der Waals surface area contributed by atoms with Crippen molar-refractivity contribution in [2.75, 3.05) is 7.11 Å². The number of rotatable bonds is 5. The number of carboxylic acid groups (broad SMARTS) is 1. The lowest BCUT2D eigenvalue weighted by molar-refractivity contribution is -0.274. The third kappa shape index (κ3) is 11.0. The van der Waals surface area contributed by atoms with E-state index in [1.807, 2.05) is 13.8 Å². The number of methoxy groups -OCH3 is 1. The number of alkyl halides is 3. The van der Waals surface area contributed by atoms with Crippen molar-refractivity contribution in [3.63, 3.8) is 0 Å². The number of carbonyl (C=O) groups is 3. The summed E-state index contributed by atoms with van der Waals surface area (Å²) < 4.78 is 52.5. The van der Waals surface area contributed by atoms with E-state index in [1.165, 1.54) is 30.7 Å². The molecule has 3 aromatic rings. The minimum absolute atomic E-state index is 0.104. The van der Waals surface area contributed by atoms with Gasteiger partial charge in [0.25, 0.3) is 0 Å². The van der Waals surface area contributed by atoms with Gasteiger partial charge < -0.3 is 29.2 Å². The second-order valence-electron chi connectivity index (χ2n) is 8.66. The third-order valence-corrected chi connectivity index (χ3v) is 4.52. The highest BCUT2D eigenvalue weighted by atomic mass is 19.4. The van der Waals surface area contributed by atoms with Crippen molar-refractivity contribution in [3.8, 4) is 11.4 Å². The van der Waals surface area contributed by atoms with Crippen molar-refractivity contribution in [2.24, 2.45) is 0 Å². The molecule has 9 nitrogen and oxygen atoms in total. The zero-order valence-electron chi connectivity index (χ0n) is 22.8. The van der Waals surface area contributed by atoms with E-state index in [9.17, 15) is 32.7 Å². The first-order chi connectivity index (χ1) is 18.1. The van der Waals surface area contributed by atoms with Crippen LogP contribution in [0, 0.1) is 0 Å². The van der Waals surface area contributed by atoms with Crippen LogP contribution in [0.25, 0.3) is 16.6 Å². The Morgan fingerprint density at radius 3 is 2.13 bits per heavy atom. The molecule has 0 fully saturated rings. The Bertz CT molecular complexity index is 1280. The van der Waals surface area contributed by atoms with Crippen LogP contribution < -0.4 is 10.1 Å². The van der Waals surface area contributed by atoms with Crippen LogP contribution in [0.5, 0.6) is 5.75 Å². The monoisotopic (exact) mass is 554 g/mol. The highest BCUT2D eigenvalue weighted by molar-refractivity contribution is 5.96. The summed E-state index contributed by atoms with van der Waals surface area (Å²) in [6.07, 6.45) is -5.50. The quantitative estimate of drug-likeness (QED) is 0.348. The van der Waals surface area contributed by atoms with Gasteiger partial charge in [0, 0.05) is 30.6 Å². The Morgan fingerprint density at radius 2 is 1.62 bits per heavy atom. The van der Waals surface area contributed by atoms with E-state index in [0.717, 1.165) is 12.1 Å². The molecule has 2 aromatic carbocycles. The van der Waals surface area contributed by atoms with E-state index in [1.54, 1.807) is 45.0 Å². The molecule has 2 N–H and O–H groups in total. The molecular weight excluding hydrogens is 521 g/mol. The van der Waals surface area contributed by atoms with Crippen molar-refractivity contribution in [1.29, 1.82) is 0 Å². The van der Waals surface area contributed by atoms with E-state index >= 15 is 0 Å². The van der Waals surface area contributed by atoms with E-state index in [0.29, 0.717) is 16.6 Å². The molecule has 0 aliphatic rings. The summed E-state index contributed by atoms with van der Waals surface area (Å²) in [5, 5.41) is 12.7. The van der Waals surface area contributed by atoms with Gasteiger partial charge in [0.2, 0.25) is 0 Å². The summed E-state index contributed by atoms with van der Waals surface area (Å²) in [5.74, 6) is -1.97. The Balaban J connectivity index is 0.000000975. The van der Waals surface area contributed by atoms with Crippen molar-refractivity contribution < 1.29 is 46.9 Å². The topological polar surface area (TPSA) is 116 Å². The molecule has 0 bridgehead atoms. The number of aromatic nitrogens is 1. The standard InChI is InChI=1S/C22H21F3N2O5.C3H6O2.C2H6/c1-21(2,3)32-20(30)26-12-13-5-4-6-15(9-13)27-17-11-16(31-22(23,24)25)8-7-14(17)10-18(27)19(28)29;1-3(4)5-2;1-2/h4-11H,12H2,1-3H3,(H,26,30)(H,28,29);1-2H3;1-2H3. The van der Waals surface area contributed by atoms with Crippen molar-refractivity contribution in [2.45, 2.75) is 60.1 Å². The average Bonchev–Trinajstić information content (AvgIpc) is 3.22. The fourth-order valence-corrected chi connectivity index (χ4v) is 3.11. The first-order valence-electron chi connectivity index (χ1n) is 11.8. The lowest BCUT2D eigenvalue weighted by Gasteiger charge is -2.19. The van der Waals surface area contributed by atoms with Gasteiger partial charge in [0.05, 0.1) is 12.6 Å². The number of hydrogen-bond acceptors (Lipinski definition) is 6. The van der Waals surface area contributed by atoms with Crippen LogP contribution in [0.2, 0.25) is 0 Å². The van der Waals surface area contributed by atoms with Crippen LogP contribution in [0.4, 0.5) is 18.0 Å². The zero-order chi connectivity index (χ0) is 30.0. The molecule has 0 unspecified atom stereocenters. The Kier molecular flexibility index (Phi) is 11.8. The molecule has 1 aromatic heterocycles. The fourth-order valence-electron chi connectivity index (χ4n) is 3.11.